The van der Waals surface area contributed by atoms with E-state index in [9.17, 15) is 13.6 Å². The molecule has 0 radical (unpaired) electrons. The maximum Gasteiger partial charge on any atom is 0.269 e. The van der Waals surface area contributed by atoms with Crippen LogP contribution in [0.4, 0.5) is 26.1 Å². The van der Waals surface area contributed by atoms with E-state index in [1.807, 2.05) is 24.3 Å². The summed E-state index contributed by atoms with van der Waals surface area (Å²) in [7, 11) is 0. The standard InChI is InChI=1S/C21H22F2N6O/c22-21(23)9-1-4-15(24)18(21)28-17-8-6-14(19(25)30)20(29-17)27-13-5-7-16-12(11-13)3-2-10-26-16/h2-3,5-8,10-11,15,18H,1,4,9,24H2,(H2,25,30)(H2,27,28,29). The van der Waals surface area contributed by atoms with Crippen molar-refractivity contribution in [3.05, 3.63) is 54.2 Å². The molecule has 1 aromatic carbocycles. The number of pyridine rings is 2. The zero-order valence-corrected chi connectivity index (χ0v) is 16.1. The van der Waals surface area contributed by atoms with E-state index in [2.05, 4.69) is 20.6 Å². The topological polar surface area (TPSA) is 119 Å². The van der Waals surface area contributed by atoms with E-state index in [4.69, 9.17) is 11.5 Å². The summed E-state index contributed by atoms with van der Waals surface area (Å²) in [6, 6.07) is 10.1. The van der Waals surface area contributed by atoms with Crippen molar-refractivity contribution in [3.63, 3.8) is 0 Å². The number of primary amides is 1. The van der Waals surface area contributed by atoms with Crippen LogP contribution in [0, 0.1) is 0 Å². The normalized spacial score (nSPS) is 20.6. The zero-order chi connectivity index (χ0) is 21.3. The van der Waals surface area contributed by atoms with Crippen LogP contribution in [-0.2, 0) is 0 Å². The van der Waals surface area contributed by atoms with E-state index in [1.165, 1.54) is 12.1 Å². The predicted molar refractivity (Wildman–Crippen MR) is 112 cm³/mol. The molecule has 1 fully saturated rings. The molecule has 2 aromatic heterocycles. The number of rotatable bonds is 5. The predicted octanol–water partition coefficient (Wildman–Crippen LogP) is 3.40. The molecule has 0 saturated heterocycles. The lowest BCUT2D eigenvalue weighted by Gasteiger charge is -2.36. The Hall–Kier alpha value is -3.33. The second-order valence-electron chi connectivity index (χ2n) is 7.43. The Kier molecular flexibility index (Phi) is 5.21. The highest BCUT2D eigenvalue weighted by atomic mass is 19.3. The van der Waals surface area contributed by atoms with Crippen molar-refractivity contribution < 1.29 is 13.6 Å². The fourth-order valence-electron chi connectivity index (χ4n) is 3.70. The molecule has 30 heavy (non-hydrogen) atoms. The number of carbonyl (C=O) groups is 1. The molecule has 1 aliphatic rings. The average Bonchev–Trinajstić information content (AvgIpc) is 2.70. The summed E-state index contributed by atoms with van der Waals surface area (Å²) in [5, 5.41) is 6.71. The number of hydrogen-bond donors (Lipinski definition) is 4. The van der Waals surface area contributed by atoms with E-state index in [1.54, 1.807) is 12.3 Å². The van der Waals surface area contributed by atoms with Crippen molar-refractivity contribution >= 4 is 34.1 Å². The Bertz CT molecular complexity index is 1090. The van der Waals surface area contributed by atoms with Crippen LogP contribution in [-0.4, -0.2) is 33.9 Å². The molecule has 0 spiro atoms. The number of nitrogens with zero attached hydrogens (tertiary/aromatic N) is 2. The molecule has 2 unspecified atom stereocenters. The van der Waals surface area contributed by atoms with Gasteiger partial charge in [0.05, 0.1) is 11.1 Å². The zero-order valence-electron chi connectivity index (χ0n) is 16.1. The smallest absolute Gasteiger partial charge is 0.269 e. The molecule has 156 valence electrons. The van der Waals surface area contributed by atoms with Crippen LogP contribution in [0.15, 0.2) is 48.7 Å². The highest BCUT2D eigenvalue weighted by Gasteiger charge is 2.45. The van der Waals surface area contributed by atoms with Gasteiger partial charge in [-0.05, 0) is 49.2 Å². The minimum atomic E-state index is -2.94. The van der Waals surface area contributed by atoms with Gasteiger partial charge in [0.2, 0.25) is 0 Å². The lowest BCUT2D eigenvalue weighted by atomic mass is 9.87. The van der Waals surface area contributed by atoms with Gasteiger partial charge in [0.25, 0.3) is 11.8 Å². The molecule has 7 nitrogen and oxygen atoms in total. The van der Waals surface area contributed by atoms with Gasteiger partial charge in [0.1, 0.15) is 17.7 Å². The first-order valence-electron chi connectivity index (χ1n) is 9.66. The third kappa shape index (κ3) is 4.02. The number of benzene rings is 1. The lowest BCUT2D eigenvalue weighted by molar-refractivity contribution is -0.0511. The van der Waals surface area contributed by atoms with Gasteiger partial charge < -0.3 is 22.1 Å². The number of halogens is 2. The van der Waals surface area contributed by atoms with Gasteiger partial charge in [-0.25, -0.2) is 13.8 Å². The second-order valence-corrected chi connectivity index (χ2v) is 7.43. The minimum absolute atomic E-state index is 0.145. The Morgan fingerprint density at radius 3 is 2.80 bits per heavy atom. The van der Waals surface area contributed by atoms with Gasteiger partial charge in [-0.15, -0.1) is 0 Å². The fraction of sp³-hybridized carbons (Fsp3) is 0.286. The number of fused-ring (bicyclic) bond motifs is 1. The molecule has 3 aromatic rings. The van der Waals surface area contributed by atoms with Crippen molar-refractivity contribution in [2.75, 3.05) is 10.6 Å². The van der Waals surface area contributed by atoms with Crippen molar-refractivity contribution in [2.45, 2.75) is 37.3 Å². The van der Waals surface area contributed by atoms with Crippen LogP contribution in [0.25, 0.3) is 10.9 Å². The van der Waals surface area contributed by atoms with Gasteiger partial charge in [0, 0.05) is 29.7 Å². The third-order valence-electron chi connectivity index (χ3n) is 5.26. The largest absolute Gasteiger partial charge is 0.365 e. The highest BCUT2D eigenvalue weighted by molar-refractivity contribution is 5.98. The van der Waals surface area contributed by atoms with Gasteiger partial charge in [-0.3, -0.25) is 9.78 Å². The van der Waals surface area contributed by atoms with Gasteiger partial charge in [-0.2, -0.15) is 0 Å². The van der Waals surface area contributed by atoms with E-state index in [0.717, 1.165) is 10.9 Å². The van der Waals surface area contributed by atoms with Crippen LogP contribution >= 0.6 is 0 Å². The highest BCUT2D eigenvalue weighted by Crippen LogP contribution is 2.35. The van der Waals surface area contributed by atoms with Gasteiger partial charge in [0.15, 0.2) is 0 Å². The lowest BCUT2D eigenvalue weighted by Crippen LogP contribution is -2.55. The summed E-state index contributed by atoms with van der Waals surface area (Å²) in [4.78, 5) is 20.5. The van der Waals surface area contributed by atoms with Crippen molar-refractivity contribution in [3.8, 4) is 0 Å². The molecule has 6 N–H and O–H groups in total. The van der Waals surface area contributed by atoms with E-state index < -0.39 is 23.9 Å². The molecule has 1 aliphatic carbocycles. The van der Waals surface area contributed by atoms with E-state index in [-0.39, 0.29) is 23.6 Å². The molecule has 1 amide bonds. The second kappa shape index (κ2) is 7.83. The van der Waals surface area contributed by atoms with Crippen LogP contribution < -0.4 is 22.1 Å². The number of carbonyl (C=O) groups excluding carboxylic acids is 1. The van der Waals surface area contributed by atoms with Crippen LogP contribution in [0.3, 0.4) is 0 Å². The first-order valence-corrected chi connectivity index (χ1v) is 9.66. The molecule has 4 rings (SSSR count). The molecule has 0 aliphatic heterocycles. The molecule has 9 heteroatoms. The summed E-state index contributed by atoms with van der Waals surface area (Å²) < 4.78 is 28.7. The summed E-state index contributed by atoms with van der Waals surface area (Å²) >= 11 is 0. The minimum Gasteiger partial charge on any atom is -0.365 e. The monoisotopic (exact) mass is 412 g/mol. The maximum absolute atomic E-state index is 14.3. The van der Waals surface area contributed by atoms with Crippen LogP contribution in [0.2, 0.25) is 0 Å². The fourth-order valence-corrected chi connectivity index (χ4v) is 3.70. The Balaban J connectivity index is 1.65. The Morgan fingerprint density at radius 1 is 1.20 bits per heavy atom. The quantitative estimate of drug-likeness (QED) is 0.510. The summed E-state index contributed by atoms with van der Waals surface area (Å²) in [5.41, 5.74) is 13.0. The molecule has 1 saturated carbocycles. The number of nitrogens with two attached hydrogens (primary N) is 2. The third-order valence-corrected chi connectivity index (χ3v) is 5.26. The van der Waals surface area contributed by atoms with Crippen molar-refractivity contribution in [2.24, 2.45) is 11.5 Å². The molecular weight excluding hydrogens is 390 g/mol. The number of nitrogens with one attached hydrogen (secondary N) is 2. The number of alkyl halides is 2. The molecule has 2 heterocycles. The van der Waals surface area contributed by atoms with Gasteiger partial charge in [-0.1, -0.05) is 6.07 Å². The van der Waals surface area contributed by atoms with Crippen molar-refractivity contribution in [1.29, 1.82) is 0 Å². The Morgan fingerprint density at radius 2 is 2.03 bits per heavy atom. The SMILES string of the molecule is NC(=O)c1ccc(NC2C(N)CCCC2(F)F)nc1Nc1ccc2ncccc2c1. The average molecular weight is 412 g/mol. The molecular formula is C21H22F2N6O. The first kappa shape index (κ1) is 20.0. The summed E-state index contributed by atoms with van der Waals surface area (Å²) in [5.74, 6) is -3.27. The van der Waals surface area contributed by atoms with E-state index >= 15 is 0 Å². The summed E-state index contributed by atoms with van der Waals surface area (Å²) in [6.45, 7) is 0. The van der Waals surface area contributed by atoms with Crippen LogP contribution in [0.5, 0.6) is 0 Å². The van der Waals surface area contributed by atoms with Gasteiger partial charge >= 0.3 is 0 Å². The summed E-state index contributed by atoms with van der Waals surface area (Å²) in [6.07, 6.45) is 2.35. The molecule has 0 bridgehead atoms. The molecule has 2 atom stereocenters. The Labute approximate surface area is 171 Å². The number of hydrogen-bond acceptors (Lipinski definition) is 6. The van der Waals surface area contributed by atoms with E-state index in [0.29, 0.717) is 18.5 Å². The maximum atomic E-state index is 14.3. The number of anilines is 3. The number of amides is 1. The van der Waals surface area contributed by atoms with Crippen molar-refractivity contribution in [1.82, 2.24) is 9.97 Å². The van der Waals surface area contributed by atoms with Crippen LogP contribution in [0.1, 0.15) is 29.6 Å². The number of aromatic nitrogens is 2. The first-order chi connectivity index (χ1) is 14.3.